The molecule has 1 N–H and O–H groups in total. The van der Waals surface area contributed by atoms with Gasteiger partial charge in [0, 0.05) is 36.8 Å². The topological polar surface area (TPSA) is 167 Å². The number of methoxy groups -OCH3 is 2. The van der Waals surface area contributed by atoms with Crippen molar-refractivity contribution in [1.29, 1.82) is 0 Å². The summed E-state index contributed by atoms with van der Waals surface area (Å²) in [5.74, 6) is -3.84. The Labute approximate surface area is 353 Å². The third-order valence-corrected chi connectivity index (χ3v) is 16.3. The number of alkyl halides is 3. The first-order valence-electron chi connectivity index (χ1n) is 21.4. The van der Waals surface area contributed by atoms with Gasteiger partial charge in [-0.05, 0) is 102 Å². The summed E-state index contributed by atoms with van der Waals surface area (Å²) in [5, 5.41) is 0.421. The number of esters is 1. The first-order valence-corrected chi connectivity index (χ1v) is 22.9. The molecule has 1 aromatic carbocycles. The normalized spacial score (nSPS) is 30.1. The van der Waals surface area contributed by atoms with Crippen LogP contribution in [0.4, 0.5) is 13.2 Å². The number of carbonyl (C=O) groups excluding carboxylic acids is 4. The van der Waals surface area contributed by atoms with Gasteiger partial charge in [-0.25, -0.2) is 13.4 Å². The summed E-state index contributed by atoms with van der Waals surface area (Å²) in [6, 6.07) is 3.33. The van der Waals surface area contributed by atoms with E-state index in [-0.39, 0.29) is 56.3 Å². The number of benzene rings is 1. The van der Waals surface area contributed by atoms with Crippen LogP contribution in [0.5, 0.6) is 11.5 Å². The van der Waals surface area contributed by atoms with E-state index in [9.17, 15) is 40.8 Å². The van der Waals surface area contributed by atoms with E-state index in [1.807, 2.05) is 19.1 Å². The molecular formula is C44H54F3N3O10S. The maximum Gasteiger partial charge on any atom is 0.437 e. The van der Waals surface area contributed by atoms with Gasteiger partial charge in [-0.15, -0.1) is 0 Å². The highest BCUT2D eigenvalue weighted by atomic mass is 32.2. The number of fused-ring (bicyclic) bond motifs is 5. The lowest BCUT2D eigenvalue weighted by Gasteiger charge is -2.38. The fraction of sp³-hybridized carbons (Fsp3) is 0.659. The first kappa shape index (κ1) is 43.4. The minimum Gasteiger partial charge on any atom is -0.497 e. The van der Waals surface area contributed by atoms with Crippen LogP contribution in [0.1, 0.15) is 114 Å². The molecule has 13 nitrogen and oxygen atoms in total. The molecular weight excluding hydrogens is 820 g/mol. The number of aromatic nitrogens is 1. The lowest BCUT2D eigenvalue weighted by Crippen LogP contribution is -2.48. The van der Waals surface area contributed by atoms with E-state index in [1.54, 1.807) is 6.07 Å². The van der Waals surface area contributed by atoms with E-state index in [4.69, 9.17) is 18.9 Å². The number of aryl methyl sites for hydroxylation is 1. The predicted octanol–water partition coefficient (Wildman–Crippen LogP) is 6.53. The lowest BCUT2D eigenvalue weighted by molar-refractivity contribution is -0.169. The molecule has 332 valence electrons. The molecule has 1 saturated heterocycles. The average Bonchev–Trinajstić information content (AvgIpc) is 4.10. The van der Waals surface area contributed by atoms with Crippen molar-refractivity contribution in [3.63, 3.8) is 0 Å². The van der Waals surface area contributed by atoms with E-state index < -0.39 is 96.9 Å². The molecule has 3 aliphatic heterocycles. The molecule has 3 aliphatic carbocycles. The number of carbonyl (C=O) groups is 4. The fourth-order valence-corrected chi connectivity index (χ4v) is 11.6. The van der Waals surface area contributed by atoms with Crippen molar-refractivity contribution in [2.45, 2.75) is 138 Å². The summed E-state index contributed by atoms with van der Waals surface area (Å²) >= 11 is 0. The Morgan fingerprint density at radius 3 is 2.48 bits per heavy atom. The van der Waals surface area contributed by atoms with Gasteiger partial charge in [0.1, 0.15) is 21.7 Å². The third-order valence-electron chi connectivity index (χ3n) is 14.1. The highest BCUT2D eigenvalue weighted by Gasteiger charge is 2.64. The van der Waals surface area contributed by atoms with Crippen LogP contribution in [-0.2, 0) is 51.3 Å². The number of allylic oxidation sites excluding steroid dienone is 2. The fourth-order valence-electron chi connectivity index (χ4n) is 10.0. The molecule has 4 fully saturated rings. The van der Waals surface area contributed by atoms with E-state index in [2.05, 4.69) is 9.71 Å². The van der Waals surface area contributed by atoms with Gasteiger partial charge in [0.05, 0.1) is 43.7 Å². The molecule has 0 bridgehead atoms. The minimum absolute atomic E-state index is 0.0991. The SMILES string of the molecule is COCC1(S(=O)(=O)NC(=O)[C@]23CC(=O)[C@@H]4C[C@]5(CCc6c(c(C(F)(F)F)nc7ccc(OC)cc67)O5)CN4C(=O)[C@@H](CC(=O)OC4(C)CCC4)CCCCC/C=C\[C@@H]2C3)CC1. The number of nitrogens with zero attached hydrogens (tertiary/aromatic N) is 2. The standard InChI is InChI=1S/C44H54F3N3O10S/c1-40(15-9-16-40)59-35(52)20-27-10-7-5-4-6-8-11-28-22-43(28,39(54)49-61(55,56)42(18-19-42)26-57-2)24-34(51)33-23-41(25-50(33)38(27)53)17-14-30-31-21-29(58-3)12-13-32(31)48-37(36(30)60-41)44(45,46)47/h8,11-13,21,27-28,33H,4-7,9-10,14-20,22-26H2,1-3H3,(H,49,54)/b11-8-/t27-,28-,33+,41-,43-/m1/s1. The number of Topliss-reactive ketones (excluding diaryl/α,β-unsaturated/α-hetero) is 1. The minimum atomic E-state index is -4.91. The van der Waals surface area contributed by atoms with E-state index >= 15 is 0 Å². The van der Waals surface area contributed by atoms with Gasteiger partial charge in [-0.1, -0.05) is 25.0 Å². The summed E-state index contributed by atoms with van der Waals surface area (Å²) in [6.07, 6.45) is 4.42. The van der Waals surface area contributed by atoms with E-state index in [1.165, 1.54) is 31.3 Å². The van der Waals surface area contributed by atoms with Crippen LogP contribution in [0, 0.1) is 17.3 Å². The highest BCUT2D eigenvalue weighted by molar-refractivity contribution is 7.91. The summed E-state index contributed by atoms with van der Waals surface area (Å²) in [5.41, 5.74) is -4.36. The Morgan fingerprint density at radius 1 is 1.03 bits per heavy atom. The zero-order chi connectivity index (χ0) is 43.6. The number of hydrogen-bond donors (Lipinski definition) is 1. The van der Waals surface area contributed by atoms with Gasteiger partial charge in [0.25, 0.3) is 0 Å². The van der Waals surface area contributed by atoms with Gasteiger partial charge >= 0.3 is 12.1 Å². The van der Waals surface area contributed by atoms with Gasteiger partial charge in [0.2, 0.25) is 21.8 Å². The van der Waals surface area contributed by atoms with Crippen LogP contribution < -0.4 is 14.2 Å². The molecule has 0 unspecified atom stereocenters. The van der Waals surface area contributed by atoms with Crippen LogP contribution in [0.15, 0.2) is 30.4 Å². The Bertz CT molecular complexity index is 2260. The molecule has 17 heteroatoms. The molecule has 5 atom stereocenters. The number of sulfonamides is 1. The number of pyridine rings is 1. The number of ketones is 1. The molecule has 1 spiro atoms. The Kier molecular flexibility index (Phi) is 11.3. The maximum absolute atomic E-state index is 14.9. The van der Waals surface area contributed by atoms with Crippen LogP contribution in [0.2, 0.25) is 0 Å². The second-order valence-corrected chi connectivity index (χ2v) is 20.6. The van der Waals surface area contributed by atoms with Crippen LogP contribution in [-0.4, -0.2) is 91.2 Å². The quantitative estimate of drug-likeness (QED) is 0.215. The van der Waals surface area contributed by atoms with Crippen molar-refractivity contribution < 1.29 is 59.7 Å². The number of amides is 2. The Balaban J connectivity index is 1.15. The van der Waals surface area contributed by atoms with Crippen molar-refractivity contribution in [1.82, 2.24) is 14.6 Å². The average molecular weight is 874 g/mol. The van der Waals surface area contributed by atoms with Crippen molar-refractivity contribution in [2.24, 2.45) is 17.3 Å². The van der Waals surface area contributed by atoms with Crippen molar-refractivity contribution >= 4 is 44.5 Å². The number of rotatable bonds is 9. The number of halogens is 3. The Hall–Kier alpha value is -4.25. The van der Waals surface area contributed by atoms with Crippen molar-refractivity contribution in [3.8, 4) is 11.5 Å². The summed E-state index contributed by atoms with van der Waals surface area (Å²) in [6.45, 7) is 1.50. The molecule has 2 amide bonds. The summed E-state index contributed by atoms with van der Waals surface area (Å²) < 4.78 is 95.4. The molecule has 4 heterocycles. The zero-order valence-electron chi connectivity index (χ0n) is 34.9. The Morgan fingerprint density at radius 2 is 1.80 bits per heavy atom. The summed E-state index contributed by atoms with van der Waals surface area (Å²) in [4.78, 5) is 62.8. The monoisotopic (exact) mass is 873 g/mol. The number of nitrogens with one attached hydrogen (secondary N) is 1. The molecule has 2 aromatic rings. The van der Waals surface area contributed by atoms with Crippen molar-refractivity contribution in [2.75, 3.05) is 27.4 Å². The van der Waals surface area contributed by atoms with Crippen LogP contribution >= 0.6 is 0 Å². The molecule has 8 rings (SSSR count). The second kappa shape index (κ2) is 15.8. The van der Waals surface area contributed by atoms with Crippen LogP contribution in [0.25, 0.3) is 10.9 Å². The maximum atomic E-state index is 14.9. The predicted molar refractivity (Wildman–Crippen MR) is 215 cm³/mol. The van der Waals surface area contributed by atoms with Gasteiger partial charge in [-0.3, -0.25) is 23.9 Å². The molecule has 3 saturated carbocycles. The molecule has 6 aliphatic rings. The number of hydrogen-bond acceptors (Lipinski definition) is 11. The highest BCUT2D eigenvalue weighted by Crippen LogP contribution is 2.58. The van der Waals surface area contributed by atoms with Gasteiger partial charge in [0.15, 0.2) is 17.2 Å². The lowest BCUT2D eigenvalue weighted by atomic mass is 9.82. The summed E-state index contributed by atoms with van der Waals surface area (Å²) in [7, 11) is -1.36. The molecule has 1 aromatic heterocycles. The zero-order valence-corrected chi connectivity index (χ0v) is 35.7. The smallest absolute Gasteiger partial charge is 0.437 e. The second-order valence-electron chi connectivity index (χ2n) is 18.5. The first-order chi connectivity index (χ1) is 28.9. The third kappa shape index (κ3) is 8.25. The van der Waals surface area contributed by atoms with Gasteiger partial charge in [-0.2, -0.15) is 13.2 Å². The van der Waals surface area contributed by atoms with Crippen molar-refractivity contribution in [3.05, 3.63) is 41.6 Å². The largest absolute Gasteiger partial charge is 0.497 e. The number of ether oxygens (including phenoxy) is 4. The molecule has 61 heavy (non-hydrogen) atoms. The van der Waals surface area contributed by atoms with E-state index in [0.29, 0.717) is 56.1 Å². The van der Waals surface area contributed by atoms with Crippen LogP contribution in [0.3, 0.4) is 0 Å². The van der Waals surface area contributed by atoms with E-state index in [0.717, 1.165) is 19.3 Å². The molecule has 0 radical (unpaired) electrons. The van der Waals surface area contributed by atoms with Gasteiger partial charge < -0.3 is 23.8 Å².